The number of aromatic nitrogens is 3. The maximum absolute atomic E-state index is 14.3. The SMILES string of the molecule is Cc1nn(-c2ccc(C(=O)NC3CCC(O)CC3)cn2)c2c(F)cccc12. The lowest BCUT2D eigenvalue weighted by atomic mass is 9.93. The Balaban J connectivity index is 1.55. The molecule has 1 fully saturated rings. The van der Waals surface area contributed by atoms with Crippen LogP contribution in [0.1, 0.15) is 41.7 Å². The van der Waals surface area contributed by atoms with Gasteiger partial charge in [-0.3, -0.25) is 4.79 Å². The number of hydrogen-bond donors (Lipinski definition) is 2. The lowest BCUT2D eigenvalue weighted by Gasteiger charge is -2.26. The lowest BCUT2D eigenvalue weighted by molar-refractivity contribution is 0.0867. The van der Waals surface area contributed by atoms with Crippen LogP contribution in [-0.4, -0.2) is 37.9 Å². The minimum atomic E-state index is -0.365. The van der Waals surface area contributed by atoms with E-state index >= 15 is 0 Å². The zero-order valence-corrected chi connectivity index (χ0v) is 15.0. The second-order valence-electron chi connectivity index (χ2n) is 7.02. The second-order valence-corrected chi connectivity index (χ2v) is 7.02. The highest BCUT2D eigenvalue weighted by Crippen LogP contribution is 2.23. The minimum absolute atomic E-state index is 0.0763. The molecule has 0 saturated heterocycles. The third kappa shape index (κ3) is 3.42. The van der Waals surface area contributed by atoms with Crippen LogP contribution in [0.3, 0.4) is 0 Å². The van der Waals surface area contributed by atoms with Gasteiger partial charge < -0.3 is 10.4 Å². The van der Waals surface area contributed by atoms with Gasteiger partial charge in [-0.1, -0.05) is 12.1 Å². The largest absolute Gasteiger partial charge is 0.393 e. The van der Waals surface area contributed by atoms with Crippen molar-refractivity contribution in [2.45, 2.75) is 44.8 Å². The van der Waals surface area contributed by atoms with Crippen molar-refractivity contribution in [3.63, 3.8) is 0 Å². The van der Waals surface area contributed by atoms with Gasteiger partial charge in [0.1, 0.15) is 11.3 Å². The number of aryl methyl sites for hydroxylation is 1. The summed E-state index contributed by atoms with van der Waals surface area (Å²) in [6, 6.07) is 8.27. The first-order valence-corrected chi connectivity index (χ1v) is 9.12. The summed E-state index contributed by atoms with van der Waals surface area (Å²) in [6.07, 6.45) is 4.18. The van der Waals surface area contributed by atoms with Gasteiger partial charge in [-0.15, -0.1) is 0 Å². The van der Waals surface area contributed by atoms with Gasteiger partial charge in [-0.25, -0.2) is 14.1 Å². The number of nitrogens with one attached hydrogen (secondary N) is 1. The molecule has 1 aromatic carbocycles. The molecule has 1 aliphatic rings. The molecule has 2 N–H and O–H groups in total. The van der Waals surface area contributed by atoms with E-state index in [1.54, 1.807) is 18.2 Å². The fourth-order valence-corrected chi connectivity index (χ4v) is 3.58. The summed E-state index contributed by atoms with van der Waals surface area (Å²) in [6.45, 7) is 1.82. The van der Waals surface area contributed by atoms with Gasteiger partial charge >= 0.3 is 0 Å². The summed E-state index contributed by atoms with van der Waals surface area (Å²) in [5.74, 6) is -0.102. The van der Waals surface area contributed by atoms with Crippen molar-refractivity contribution in [1.29, 1.82) is 0 Å². The number of nitrogens with zero attached hydrogens (tertiary/aromatic N) is 3. The quantitative estimate of drug-likeness (QED) is 0.745. The molecule has 4 rings (SSSR count). The molecule has 2 heterocycles. The fourth-order valence-electron chi connectivity index (χ4n) is 3.58. The number of rotatable bonds is 3. The van der Waals surface area contributed by atoms with Gasteiger partial charge in [0.05, 0.1) is 17.4 Å². The first-order valence-electron chi connectivity index (χ1n) is 9.12. The van der Waals surface area contributed by atoms with Crippen LogP contribution in [0, 0.1) is 12.7 Å². The fraction of sp³-hybridized carbons (Fsp3) is 0.350. The van der Waals surface area contributed by atoms with E-state index < -0.39 is 0 Å². The number of hydrogen-bond acceptors (Lipinski definition) is 4. The number of aliphatic hydroxyl groups excluding tert-OH is 1. The van der Waals surface area contributed by atoms with Crippen molar-refractivity contribution >= 4 is 16.8 Å². The molecule has 1 amide bonds. The Labute approximate surface area is 156 Å². The predicted octanol–water partition coefficient (Wildman–Crippen LogP) is 2.90. The smallest absolute Gasteiger partial charge is 0.253 e. The zero-order chi connectivity index (χ0) is 19.0. The molecule has 0 spiro atoms. The molecule has 1 saturated carbocycles. The number of para-hydroxylation sites is 1. The number of pyridine rings is 1. The van der Waals surface area contributed by atoms with Crippen molar-refractivity contribution < 1.29 is 14.3 Å². The highest BCUT2D eigenvalue weighted by molar-refractivity contribution is 5.94. The topological polar surface area (TPSA) is 80.0 Å². The molecule has 0 bridgehead atoms. The number of carbonyl (C=O) groups excluding carboxylic acids is 1. The monoisotopic (exact) mass is 368 g/mol. The third-order valence-corrected chi connectivity index (χ3v) is 5.10. The first-order chi connectivity index (χ1) is 13.0. The van der Waals surface area contributed by atoms with Gasteiger partial charge in [0.2, 0.25) is 0 Å². The highest BCUT2D eigenvalue weighted by atomic mass is 19.1. The second kappa shape index (κ2) is 7.08. The molecule has 0 unspecified atom stereocenters. The van der Waals surface area contributed by atoms with Crippen LogP contribution >= 0.6 is 0 Å². The van der Waals surface area contributed by atoms with E-state index in [2.05, 4.69) is 15.4 Å². The Morgan fingerprint density at radius 1 is 1.22 bits per heavy atom. The van der Waals surface area contributed by atoms with E-state index in [0.29, 0.717) is 35.4 Å². The molecular formula is C20H21FN4O2. The van der Waals surface area contributed by atoms with Gasteiger partial charge in [0.25, 0.3) is 5.91 Å². The molecule has 140 valence electrons. The Hall–Kier alpha value is -2.80. The van der Waals surface area contributed by atoms with Gasteiger partial charge in [0, 0.05) is 17.6 Å². The van der Waals surface area contributed by atoms with E-state index in [4.69, 9.17) is 0 Å². The van der Waals surface area contributed by atoms with Crippen LogP contribution in [0.2, 0.25) is 0 Å². The molecular weight excluding hydrogens is 347 g/mol. The molecule has 0 radical (unpaired) electrons. The third-order valence-electron chi connectivity index (χ3n) is 5.10. The Kier molecular flexibility index (Phi) is 4.61. The van der Waals surface area contributed by atoms with Crippen LogP contribution < -0.4 is 5.32 Å². The van der Waals surface area contributed by atoms with Crippen LogP contribution in [0.25, 0.3) is 16.7 Å². The first kappa shape index (κ1) is 17.6. The van der Waals surface area contributed by atoms with E-state index in [1.165, 1.54) is 16.9 Å². The average molecular weight is 368 g/mol. The van der Waals surface area contributed by atoms with Crippen molar-refractivity contribution in [3.05, 3.63) is 53.6 Å². The number of carbonyl (C=O) groups is 1. The molecule has 1 aliphatic carbocycles. The summed E-state index contributed by atoms with van der Waals surface area (Å²) < 4.78 is 15.7. The van der Waals surface area contributed by atoms with Crippen molar-refractivity contribution in [1.82, 2.24) is 20.1 Å². The lowest BCUT2D eigenvalue weighted by Crippen LogP contribution is -2.38. The number of halogens is 1. The summed E-state index contributed by atoms with van der Waals surface area (Å²) in [5.41, 5.74) is 1.53. The van der Waals surface area contributed by atoms with Crippen LogP contribution in [0.4, 0.5) is 4.39 Å². The summed E-state index contributed by atoms with van der Waals surface area (Å²) >= 11 is 0. The molecule has 3 aromatic rings. The summed E-state index contributed by atoms with van der Waals surface area (Å²) in [7, 11) is 0. The van der Waals surface area contributed by atoms with Crippen molar-refractivity contribution in [2.24, 2.45) is 0 Å². The maximum atomic E-state index is 14.3. The number of benzene rings is 1. The van der Waals surface area contributed by atoms with Crippen LogP contribution in [0.5, 0.6) is 0 Å². The molecule has 7 heteroatoms. The maximum Gasteiger partial charge on any atom is 0.253 e. The predicted molar refractivity (Wildman–Crippen MR) is 99.3 cm³/mol. The van der Waals surface area contributed by atoms with Gasteiger partial charge in [-0.2, -0.15) is 5.10 Å². The van der Waals surface area contributed by atoms with Crippen molar-refractivity contribution in [2.75, 3.05) is 0 Å². The number of fused-ring (bicyclic) bond motifs is 1. The van der Waals surface area contributed by atoms with Gasteiger partial charge in [0.15, 0.2) is 5.82 Å². The summed E-state index contributed by atoms with van der Waals surface area (Å²) in [4.78, 5) is 16.7. The number of aliphatic hydroxyl groups is 1. The number of amides is 1. The minimum Gasteiger partial charge on any atom is -0.393 e. The molecule has 0 aliphatic heterocycles. The molecule has 27 heavy (non-hydrogen) atoms. The zero-order valence-electron chi connectivity index (χ0n) is 15.0. The Morgan fingerprint density at radius 2 is 2.00 bits per heavy atom. The van der Waals surface area contributed by atoms with Crippen molar-refractivity contribution in [3.8, 4) is 5.82 Å². The highest BCUT2D eigenvalue weighted by Gasteiger charge is 2.21. The van der Waals surface area contributed by atoms with Crippen LogP contribution in [0.15, 0.2) is 36.5 Å². The normalized spacial score (nSPS) is 20.0. The van der Waals surface area contributed by atoms with E-state index in [0.717, 1.165) is 18.2 Å². The summed E-state index contributed by atoms with van der Waals surface area (Å²) in [5, 5.41) is 17.7. The standard InChI is InChI=1S/C20H21FN4O2/c1-12-16-3-2-4-17(21)19(16)25(24-12)18-10-5-13(11-22-18)20(27)23-14-6-8-15(26)9-7-14/h2-5,10-11,14-15,26H,6-9H2,1H3,(H,23,27). The van der Waals surface area contributed by atoms with E-state index in [-0.39, 0.29) is 23.9 Å². The molecule has 2 aromatic heterocycles. The van der Waals surface area contributed by atoms with E-state index in [1.807, 2.05) is 13.0 Å². The molecule has 6 nitrogen and oxygen atoms in total. The average Bonchev–Trinajstić information content (AvgIpc) is 3.02. The Morgan fingerprint density at radius 3 is 2.70 bits per heavy atom. The van der Waals surface area contributed by atoms with Crippen LogP contribution in [-0.2, 0) is 0 Å². The van der Waals surface area contributed by atoms with Gasteiger partial charge in [-0.05, 0) is 50.8 Å². The van der Waals surface area contributed by atoms with E-state index in [9.17, 15) is 14.3 Å². The Bertz CT molecular complexity index is 976. The molecule has 0 atom stereocenters.